The van der Waals surface area contributed by atoms with Crippen LogP contribution >= 0.6 is 0 Å². The molecule has 21 heavy (non-hydrogen) atoms. The van der Waals surface area contributed by atoms with E-state index in [0.29, 0.717) is 6.04 Å². The highest BCUT2D eigenvalue weighted by Crippen LogP contribution is 2.41. The molecule has 1 aromatic heterocycles. The number of benzene rings is 1. The van der Waals surface area contributed by atoms with E-state index in [-0.39, 0.29) is 0 Å². The summed E-state index contributed by atoms with van der Waals surface area (Å²) in [5.74, 6) is 2.07. The van der Waals surface area contributed by atoms with Crippen LogP contribution in [0.4, 0.5) is 5.82 Å². The summed E-state index contributed by atoms with van der Waals surface area (Å²) >= 11 is 0. The van der Waals surface area contributed by atoms with E-state index in [1.54, 1.807) is 0 Å². The summed E-state index contributed by atoms with van der Waals surface area (Å²) in [5.41, 5.74) is 3.66. The second kappa shape index (κ2) is 5.21. The Kier molecular flexibility index (Phi) is 3.21. The largest absolute Gasteiger partial charge is 0.370 e. The standard InChI is InChI=1S/C18H23N3/c1-13-17(15-9-3-2-4-10-15)20-21-16(11-12-19-18(13)21)14-7-5-6-8-14/h2-4,9-10,14,16,19H,5-8,11-12H2,1H3. The van der Waals surface area contributed by atoms with E-state index < -0.39 is 0 Å². The molecule has 1 aliphatic carbocycles. The number of fused-ring (bicyclic) bond motifs is 1. The van der Waals surface area contributed by atoms with Crippen LogP contribution in [0.2, 0.25) is 0 Å². The number of hydrogen-bond acceptors (Lipinski definition) is 2. The molecule has 1 saturated carbocycles. The van der Waals surface area contributed by atoms with E-state index in [0.717, 1.165) is 18.2 Å². The average Bonchev–Trinajstić information content (AvgIpc) is 3.17. The smallest absolute Gasteiger partial charge is 0.128 e. The molecule has 0 amide bonds. The van der Waals surface area contributed by atoms with Gasteiger partial charge in [-0.2, -0.15) is 5.10 Å². The number of anilines is 1. The number of nitrogens with zero attached hydrogens (tertiary/aromatic N) is 2. The Morgan fingerprint density at radius 1 is 1.10 bits per heavy atom. The van der Waals surface area contributed by atoms with Gasteiger partial charge in [-0.15, -0.1) is 0 Å². The minimum Gasteiger partial charge on any atom is -0.370 e. The maximum atomic E-state index is 5.00. The first kappa shape index (κ1) is 12.9. The van der Waals surface area contributed by atoms with E-state index in [4.69, 9.17) is 5.10 Å². The van der Waals surface area contributed by atoms with Crippen molar-refractivity contribution in [2.24, 2.45) is 5.92 Å². The fourth-order valence-corrected chi connectivity index (χ4v) is 4.08. The predicted octanol–water partition coefficient (Wildman–Crippen LogP) is 4.41. The Morgan fingerprint density at radius 2 is 1.86 bits per heavy atom. The van der Waals surface area contributed by atoms with Crippen molar-refractivity contribution in [3.63, 3.8) is 0 Å². The molecule has 0 bridgehead atoms. The van der Waals surface area contributed by atoms with Gasteiger partial charge in [-0.25, -0.2) is 4.68 Å². The van der Waals surface area contributed by atoms with Crippen LogP contribution in [0.5, 0.6) is 0 Å². The minimum absolute atomic E-state index is 0.597. The molecular formula is C18H23N3. The average molecular weight is 281 g/mol. The highest BCUT2D eigenvalue weighted by Gasteiger charge is 2.32. The van der Waals surface area contributed by atoms with Crippen LogP contribution in [-0.2, 0) is 0 Å². The summed E-state index contributed by atoms with van der Waals surface area (Å²) in [6.07, 6.45) is 6.77. The van der Waals surface area contributed by atoms with Gasteiger partial charge < -0.3 is 5.32 Å². The van der Waals surface area contributed by atoms with Gasteiger partial charge >= 0.3 is 0 Å². The molecule has 0 radical (unpaired) electrons. The predicted molar refractivity (Wildman–Crippen MR) is 86.5 cm³/mol. The van der Waals surface area contributed by atoms with Crippen LogP contribution in [-0.4, -0.2) is 16.3 Å². The maximum absolute atomic E-state index is 5.00. The van der Waals surface area contributed by atoms with Crippen molar-refractivity contribution < 1.29 is 0 Å². The van der Waals surface area contributed by atoms with E-state index in [1.165, 1.54) is 49.0 Å². The van der Waals surface area contributed by atoms with E-state index in [2.05, 4.69) is 47.3 Å². The summed E-state index contributed by atoms with van der Waals surface area (Å²) in [4.78, 5) is 0. The van der Waals surface area contributed by atoms with Crippen LogP contribution in [0.25, 0.3) is 11.3 Å². The van der Waals surface area contributed by atoms with Gasteiger partial charge in [0.25, 0.3) is 0 Å². The zero-order valence-electron chi connectivity index (χ0n) is 12.7. The number of hydrogen-bond donors (Lipinski definition) is 1. The van der Waals surface area contributed by atoms with Crippen LogP contribution in [0.15, 0.2) is 30.3 Å². The second-order valence-electron chi connectivity index (χ2n) is 6.46. The van der Waals surface area contributed by atoms with Crippen LogP contribution in [0.3, 0.4) is 0 Å². The van der Waals surface area contributed by atoms with Gasteiger partial charge in [-0.1, -0.05) is 43.2 Å². The molecule has 1 N–H and O–H groups in total. The van der Waals surface area contributed by atoms with Crippen molar-refractivity contribution >= 4 is 5.82 Å². The van der Waals surface area contributed by atoms with Crippen LogP contribution in [0, 0.1) is 12.8 Å². The van der Waals surface area contributed by atoms with Gasteiger partial charge in [-0.3, -0.25) is 0 Å². The number of rotatable bonds is 2. The molecule has 3 nitrogen and oxygen atoms in total. The SMILES string of the molecule is Cc1c(-c2ccccc2)nn2c1NCCC2C1CCCC1. The fourth-order valence-electron chi connectivity index (χ4n) is 4.08. The first-order valence-electron chi connectivity index (χ1n) is 8.23. The molecule has 1 aliphatic heterocycles. The lowest BCUT2D eigenvalue weighted by Gasteiger charge is -2.30. The summed E-state index contributed by atoms with van der Waals surface area (Å²) in [6, 6.07) is 11.2. The third-order valence-corrected chi connectivity index (χ3v) is 5.19. The Hall–Kier alpha value is -1.77. The Labute approximate surface area is 126 Å². The van der Waals surface area contributed by atoms with Crippen molar-refractivity contribution in [1.82, 2.24) is 9.78 Å². The molecule has 2 aromatic rings. The van der Waals surface area contributed by atoms with Gasteiger partial charge in [0.2, 0.25) is 0 Å². The Balaban J connectivity index is 1.76. The van der Waals surface area contributed by atoms with Gasteiger partial charge in [0, 0.05) is 17.7 Å². The van der Waals surface area contributed by atoms with Crippen molar-refractivity contribution in [2.75, 3.05) is 11.9 Å². The molecule has 1 unspecified atom stereocenters. The zero-order valence-corrected chi connectivity index (χ0v) is 12.7. The van der Waals surface area contributed by atoms with E-state index >= 15 is 0 Å². The van der Waals surface area contributed by atoms with Crippen molar-refractivity contribution in [2.45, 2.75) is 45.1 Å². The van der Waals surface area contributed by atoms with Crippen molar-refractivity contribution in [3.05, 3.63) is 35.9 Å². The zero-order chi connectivity index (χ0) is 14.2. The molecule has 1 atom stereocenters. The Morgan fingerprint density at radius 3 is 2.62 bits per heavy atom. The lowest BCUT2D eigenvalue weighted by atomic mass is 9.94. The summed E-state index contributed by atoms with van der Waals surface area (Å²) < 4.78 is 2.30. The lowest BCUT2D eigenvalue weighted by Crippen LogP contribution is -2.28. The molecule has 0 saturated heterocycles. The van der Waals surface area contributed by atoms with Gasteiger partial charge in [-0.05, 0) is 32.1 Å². The molecule has 2 aliphatic rings. The highest BCUT2D eigenvalue weighted by atomic mass is 15.4. The van der Waals surface area contributed by atoms with Crippen LogP contribution < -0.4 is 5.32 Å². The van der Waals surface area contributed by atoms with E-state index in [1.807, 2.05) is 0 Å². The first-order chi connectivity index (χ1) is 10.3. The summed E-state index contributed by atoms with van der Waals surface area (Å²) in [5, 5.41) is 8.58. The molecular weight excluding hydrogens is 258 g/mol. The Bertz CT molecular complexity index is 623. The molecule has 4 rings (SSSR count). The van der Waals surface area contributed by atoms with Gasteiger partial charge in [0.15, 0.2) is 0 Å². The quantitative estimate of drug-likeness (QED) is 0.884. The fraction of sp³-hybridized carbons (Fsp3) is 0.500. The first-order valence-corrected chi connectivity index (χ1v) is 8.23. The molecule has 1 fully saturated rings. The molecule has 2 heterocycles. The number of aromatic nitrogens is 2. The number of nitrogens with one attached hydrogen (secondary N) is 1. The van der Waals surface area contributed by atoms with Gasteiger partial charge in [0.05, 0.1) is 11.7 Å². The topological polar surface area (TPSA) is 29.9 Å². The highest BCUT2D eigenvalue weighted by molar-refractivity contribution is 5.69. The maximum Gasteiger partial charge on any atom is 0.128 e. The second-order valence-corrected chi connectivity index (χ2v) is 6.46. The monoisotopic (exact) mass is 281 g/mol. The van der Waals surface area contributed by atoms with Gasteiger partial charge in [0.1, 0.15) is 5.82 Å². The molecule has 3 heteroatoms. The minimum atomic E-state index is 0.597. The van der Waals surface area contributed by atoms with Crippen molar-refractivity contribution in [1.29, 1.82) is 0 Å². The third kappa shape index (κ3) is 2.15. The van der Waals surface area contributed by atoms with Crippen molar-refractivity contribution in [3.8, 4) is 11.3 Å². The normalized spacial score (nSPS) is 22.0. The molecule has 110 valence electrons. The lowest BCUT2D eigenvalue weighted by molar-refractivity contribution is 0.290. The van der Waals surface area contributed by atoms with E-state index in [9.17, 15) is 0 Å². The molecule has 1 aromatic carbocycles. The van der Waals surface area contributed by atoms with Crippen LogP contribution in [0.1, 0.15) is 43.7 Å². The molecule has 0 spiro atoms. The summed E-state index contributed by atoms with van der Waals surface area (Å²) in [7, 11) is 0. The third-order valence-electron chi connectivity index (χ3n) is 5.19. The summed E-state index contributed by atoms with van der Waals surface area (Å²) in [6.45, 7) is 3.28.